The average Bonchev–Trinajstić information content (AvgIpc) is 3.27. The van der Waals surface area contributed by atoms with Crippen LogP contribution in [0.25, 0.3) is 0 Å². The van der Waals surface area contributed by atoms with Gasteiger partial charge in [0.1, 0.15) is 19.3 Å². The molecule has 0 bridgehead atoms. The Labute approximate surface area is 403 Å². The Hall–Kier alpha value is -1.54. The van der Waals surface area contributed by atoms with Crippen LogP contribution in [0.1, 0.15) is 245 Å². The SMILES string of the molecule is CC/C=C\C/C=C\C/C=C\CCCCCCCCCC(=O)OC(COCCCCCCCCCCCCCCCC/C=C\CCCCCCCCCC)COP(=O)([O-])OCC[N+](C)(C)C. The van der Waals surface area contributed by atoms with Crippen molar-refractivity contribution in [3.8, 4) is 0 Å². The summed E-state index contributed by atoms with van der Waals surface area (Å²) in [6.07, 6.45) is 61.5. The number of likely N-dealkylation sites (N-methyl/N-ethyl adjacent to an activating group) is 1. The molecule has 0 radical (unpaired) electrons. The van der Waals surface area contributed by atoms with Crippen molar-refractivity contribution in [1.29, 1.82) is 0 Å². The Kier molecular flexibility index (Phi) is 47.7. The lowest BCUT2D eigenvalue weighted by Crippen LogP contribution is -2.37. The molecule has 2 atom stereocenters. The lowest BCUT2D eigenvalue weighted by atomic mass is 10.0. The Morgan fingerprint density at radius 2 is 0.892 bits per heavy atom. The molecule has 2 unspecified atom stereocenters. The van der Waals surface area contributed by atoms with Gasteiger partial charge in [-0.25, -0.2) is 0 Å². The van der Waals surface area contributed by atoms with Crippen LogP contribution < -0.4 is 4.89 Å². The summed E-state index contributed by atoms with van der Waals surface area (Å²) in [4.78, 5) is 25.2. The minimum atomic E-state index is -4.53. The van der Waals surface area contributed by atoms with Gasteiger partial charge in [0.15, 0.2) is 0 Å². The Morgan fingerprint density at radius 1 is 0.492 bits per heavy atom. The number of rotatable bonds is 51. The zero-order valence-electron chi connectivity index (χ0n) is 43.4. The number of phosphoric ester groups is 1. The first-order chi connectivity index (χ1) is 31.6. The van der Waals surface area contributed by atoms with E-state index in [0.717, 1.165) is 57.8 Å². The topological polar surface area (TPSA) is 94.1 Å². The number of unbranched alkanes of at least 4 members (excludes halogenated alkanes) is 29. The smallest absolute Gasteiger partial charge is 0.306 e. The molecule has 0 aliphatic heterocycles. The van der Waals surface area contributed by atoms with Crippen LogP contribution in [-0.4, -0.2) is 70.7 Å². The third-order valence-electron chi connectivity index (χ3n) is 11.9. The Morgan fingerprint density at radius 3 is 1.35 bits per heavy atom. The van der Waals surface area contributed by atoms with Gasteiger partial charge in [-0.3, -0.25) is 9.36 Å². The fourth-order valence-electron chi connectivity index (χ4n) is 7.68. The van der Waals surface area contributed by atoms with E-state index in [9.17, 15) is 14.3 Å². The van der Waals surface area contributed by atoms with Crippen LogP contribution >= 0.6 is 7.82 Å². The number of carbonyl (C=O) groups excluding carboxylic acids is 1. The lowest BCUT2D eigenvalue weighted by molar-refractivity contribution is -0.870. The fourth-order valence-corrected chi connectivity index (χ4v) is 8.40. The second-order valence-electron chi connectivity index (χ2n) is 19.6. The number of nitrogens with zero attached hydrogens (tertiary/aromatic N) is 1. The summed E-state index contributed by atoms with van der Waals surface area (Å²) in [5.41, 5.74) is 0. The summed E-state index contributed by atoms with van der Waals surface area (Å²) in [7, 11) is 1.35. The van der Waals surface area contributed by atoms with Gasteiger partial charge in [0.2, 0.25) is 0 Å². The molecule has 0 spiro atoms. The molecule has 9 heteroatoms. The highest BCUT2D eigenvalue weighted by atomic mass is 31.2. The number of hydrogen-bond acceptors (Lipinski definition) is 7. The number of quaternary nitrogens is 1. The lowest BCUT2D eigenvalue weighted by Gasteiger charge is -2.28. The highest BCUT2D eigenvalue weighted by Gasteiger charge is 2.20. The van der Waals surface area contributed by atoms with Crippen LogP contribution in [0.4, 0.5) is 0 Å². The zero-order valence-corrected chi connectivity index (χ0v) is 44.3. The van der Waals surface area contributed by atoms with E-state index < -0.39 is 13.9 Å². The van der Waals surface area contributed by atoms with Crippen LogP contribution in [0.15, 0.2) is 48.6 Å². The molecule has 0 aliphatic carbocycles. The highest BCUT2D eigenvalue weighted by Crippen LogP contribution is 2.38. The average molecular weight is 936 g/mol. The van der Waals surface area contributed by atoms with Crippen molar-refractivity contribution in [2.45, 2.75) is 251 Å². The molecule has 8 nitrogen and oxygen atoms in total. The molecule has 0 aromatic heterocycles. The summed E-state index contributed by atoms with van der Waals surface area (Å²) in [5.74, 6) is -0.342. The first-order valence-electron chi connectivity index (χ1n) is 27.4. The molecule has 0 saturated heterocycles. The van der Waals surface area contributed by atoms with Gasteiger partial charge in [0, 0.05) is 13.0 Å². The zero-order chi connectivity index (χ0) is 47.6. The van der Waals surface area contributed by atoms with E-state index in [0.29, 0.717) is 24.1 Å². The predicted octanol–water partition coefficient (Wildman–Crippen LogP) is 16.4. The normalized spacial score (nSPS) is 13.9. The Bertz CT molecular complexity index is 1180. The van der Waals surface area contributed by atoms with E-state index in [-0.39, 0.29) is 25.8 Å². The van der Waals surface area contributed by atoms with Crippen molar-refractivity contribution in [3.05, 3.63) is 48.6 Å². The first kappa shape index (κ1) is 63.5. The predicted molar refractivity (Wildman–Crippen MR) is 277 cm³/mol. The molecule has 0 aromatic carbocycles. The van der Waals surface area contributed by atoms with Crippen molar-refractivity contribution in [2.24, 2.45) is 0 Å². The van der Waals surface area contributed by atoms with Crippen LogP contribution in [0.3, 0.4) is 0 Å². The number of hydrogen-bond donors (Lipinski definition) is 0. The van der Waals surface area contributed by atoms with Crippen LogP contribution in [-0.2, 0) is 27.9 Å². The molecule has 0 heterocycles. The summed E-state index contributed by atoms with van der Waals surface area (Å²) in [6.45, 7) is 5.32. The molecule has 382 valence electrons. The Balaban J connectivity index is 4.05. The largest absolute Gasteiger partial charge is 0.756 e. The first-order valence-corrected chi connectivity index (χ1v) is 28.8. The standard InChI is InChI=1S/C56H106NO7P/c1-6-8-10-12-14-16-18-20-22-24-25-26-27-28-29-30-31-32-34-36-38-40-42-44-46-48-51-61-53-55(54-63-65(59,60)62-52-50-57(3,4)5)64-56(58)49-47-45-43-41-39-37-35-33-23-21-19-17-15-13-11-9-7-2/h9,11,15,17,21,23-25,55H,6-8,10,12-14,16,18-20,22,26-54H2,1-5H3/b11-9-,17-15-,23-21-,25-24-. The monoisotopic (exact) mass is 936 g/mol. The van der Waals surface area contributed by atoms with Crippen molar-refractivity contribution < 1.29 is 37.3 Å². The minimum Gasteiger partial charge on any atom is -0.756 e. The van der Waals surface area contributed by atoms with Crippen molar-refractivity contribution in [3.63, 3.8) is 0 Å². The van der Waals surface area contributed by atoms with Crippen molar-refractivity contribution >= 4 is 13.8 Å². The molecular weight excluding hydrogens is 830 g/mol. The minimum absolute atomic E-state index is 0.0236. The van der Waals surface area contributed by atoms with E-state index in [1.165, 1.54) is 167 Å². The third-order valence-corrected chi connectivity index (χ3v) is 12.8. The number of ether oxygens (including phenoxy) is 2. The highest BCUT2D eigenvalue weighted by molar-refractivity contribution is 7.45. The molecule has 0 rings (SSSR count). The van der Waals surface area contributed by atoms with E-state index >= 15 is 0 Å². The summed E-state index contributed by atoms with van der Waals surface area (Å²) < 4.78 is 34.8. The molecule has 0 saturated carbocycles. The maximum absolute atomic E-state index is 12.7. The van der Waals surface area contributed by atoms with Gasteiger partial charge in [0.05, 0.1) is 34.4 Å². The summed E-state index contributed by atoms with van der Waals surface area (Å²) in [5, 5.41) is 0. The summed E-state index contributed by atoms with van der Waals surface area (Å²) in [6, 6.07) is 0. The number of carbonyl (C=O) groups is 1. The molecule has 0 aliphatic rings. The van der Waals surface area contributed by atoms with E-state index in [1.54, 1.807) is 0 Å². The molecule has 65 heavy (non-hydrogen) atoms. The van der Waals surface area contributed by atoms with Gasteiger partial charge in [-0.05, 0) is 70.6 Å². The van der Waals surface area contributed by atoms with Gasteiger partial charge < -0.3 is 27.9 Å². The summed E-state index contributed by atoms with van der Waals surface area (Å²) >= 11 is 0. The fraction of sp³-hybridized carbons (Fsp3) is 0.839. The number of allylic oxidation sites excluding steroid dienone is 8. The maximum Gasteiger partial charge on any atom is 0.306 e. The number of esters is 1. The van der Waals surface area contributed by atoms with Crippen molar-refractivity contribution in [2.75, 3.05) is 54.1 Å². The van der Waals surface area contributed by atoms with Gasteiger partial charge in [-0.15, -0.1) is 0 Å². The molecule has 0 fully saturated rings. The van der Waals surface area contributed by atoms with E-state index in [1.807, 2.05) is 21.1 Å². The van der Waals surface area contributed by atoms with Gasteiger partial charge in [-0.2, -0.15) is 0 Å². The second-order valence-corrected chi connectivity index (χ2v) is 21.0. The third kappa shape index (κ3) is 53.3. The van der Waals surface area contributed by atoms with Gasteiger partial charge in [0.25, 0.3) is 7.82 Å². The van der Waals surface area contributed by atoms with Crippen LogP contribution in [0, 0.1) is 0 Å². The van der Waals surface area contributed by atoms with Crippen LogP contribution in [0.5, 0.6) is 0 Å². The van der Waals surface area contributed by atoms with E-state index in [4.69, 9.17) is 18.5 Å². The molecule has 0 N–H and O–H groups in total. The number of phosphoric acid groups is 1. The van der Waals surface area contributed by atoms with Crippen molar-refractivity contribution in [1.82, 2.24) is 0 Å². The second kappa shape index (κ2) is 48.9. The molecule has 0 aromatic rings. The maximum atomic E-state index is 12.7. The van der Waals surface area contributed by atoms with E-state index in [2.05, 4.69) is 62.5 Å². The van der Waals surface area contributed by atoms with Crippen LogP contribution in [0.2, 0.25) is 0 Å². The quantitative estimate of drug-likeness (QED) is 0.0197. The van der Waals surface area contributed by atoms with Gasteiger partial charge in [-0.1, -0.05) is 217 Å². The molecule has 0 amide bonds. The van der Waals surface area contributed by atoms with Gasteiger partial charge >= 0.3 is 5.97 Å². The molecular formula is C56H106NO7P.